The third-order valence-corrected chi connectivity index (χ3v) is 5.40. The Morgan fingerprint density at radius 2 is 2.00 bits per heavy atom. The number of amides is 2. The van der Waals surface area contributed by atoms with Gasteiger partial charge >= 0.3 is 0 Å². The monoisotopic (exact) mass is 346 g/mol. The van der Waals surface area contributed by atoms with Crippen molar-refractivity contribution in [3.8, 4) is 0 Å². The molecule has 2 amide bonds. The van der Waals surface area contributed by atoms with Crippen LogP contribution in [0.2, 0.25) is 0 Å². The second-order valence-corrected chi connectivity index (χ2v) is 7.46. The van der Waals surface area contributed by atoms with Gasteiger partial charge in [-0.3, -0.25) is 14.3 Å². The van der Waals surface area contributed by atoms with E-state index in [9.17, 15) is 9.59 Å². The van der Waals surface area contributed by atoms with Crippen LogP contribution in [0.4, 0.5) is 0 Å². The van der Waals surface area contributed by atoms with Crippen molar-refractivity contribution in [3.63, 3.8) is 0 Å². The summed E-state index contributed by atoms with van der Waals surface area (Å²) in [6.07, 6.45) is 10.4. The van der Waals surface area contributed by atoms with Crippen LogP contribution in [-0.2, 0) is 11.3 Å². The molecule has 1 aliphatic carbocycles. The first-order chi connectivity index (χ1) is 12.1. The minimum absolute atomic E-state index is 0.0859. The molecule has 1 saturated carbocycles. The first kappa shape index (κ1) is 18.0. The van der Waals surface area contributed by atoms with Crippen molar-refractivity contribution in [1.82, 2.24) is 20.0 Å². The van der Waals surface area contributed by atoms with Crippen molar-refractivity contribution in [2.45, 2.75) is 83.8 Å². The highest BCUT2D eigenvalue weighted by atomic mass is 16.2. The third-order valence-electron chi connectivity index (χ3n) is 5.40. The van der Waals surface area contributed by atoms with Crippen molar-refractivity contribution in [3.05, 3.63) is 17.5 Å². The number of carbonyl (C=O) groups is 2. The van der Waals surface area contributed by atoms with Crippen LogP contribution >= 0.6 is 0 Å². The van der Waals surface area contributed by atoms with E-state index in [4.69, 9.17) is 0 Å². The predicted octanol–water partition coefficient (Wildman–Crippen LogP) is 2.66. The largest absolute Gasteiger partial charge is 0.347 e. The van der Waals surface area contributed by atoms with E-state index < -0.39 is 0 Å². The molecule has 0 spiro atoms. The van der Waals surface area contributed by atoms with Gasteiger partial charge in [-0.15, -0.1) is 0 Å². The lowest BCUT2D eigenvalue weighted by Crippen LogP contribution is -2.40. The maximum absolute atomic E-state index is 12.6. The maximum Gasteiger partial charge on any atom is 0.255 e. The number of carbonyl (C=O) groups excluding carboxylic acids is 2. The molecule has 1 aromatic heterocycles. The second-order valence-electron chi connectivity index (χ2n) is 7.46. The Morgan fingerprint density at radius 1 is 1.28 bits per heavy atom. The fraction of sp³-hybridized carbons (Fsp3) is 0.737. The van der Waals surface area contributed by atoms with Gasteiger partial charge in [-0.1, -0.05) is 32.6 Å². The van der Waals surface area contributed by atoms with E-state index in [1.165, 1.54) is 25.7 Å². The Labute approximate surface area is 149 Å². The number of aromatic nitrogens is 2. The fourth-order valence-electron chi connectivity index (χ4n) is 4.10. The first-order valence-corrected chi connectivity index (χ1v) is 9.73. The van der Waals surface area contributed by atoms with Crippen LogP contribution in [0.1, 0.15) is 74.3 Å². The number of aryl methyl sites for hydroxylation is 2. The molecule has 0 radical (unpaired) electrons. The first-order valence-electron chi connectivity index (χ1n) is 9.73. The van der Waals surface area contributed by atoms with Crippen LogP contribution in [0.15, 0.2) is 6.20 Å². The van der Waals surface area contributed by atoms with Gasteiger partial charge in [0.2, 0.25) is 5.91 Å². The lowest BCUT2D eigenvalue weighted by atomic mass is 10.1. The minimum Gasteiger partial charge on any atom is -0.347 e. The fourth-order valence-corrected chi connectivity index (χ4v) is 4.10. The van der Waals surface area contributed by atoms with Gasteiger partial charge in [0, 0.05) is 31.7 Å². The zero-order valence-electron chi connectivity index (χ0n) is 15.5. The van der Waals surface area contributed by atoms with Gasteiger partial charge in [0.25, 0.3) is 5.91 Å². The van der Waals surface area contributed by atoms with Crippen LogP contribution < -0.4 is 5.32 Å². The number of rotatable bonds is 5. The summed E-state index contributed by atoms with van der Waals surface area (Å²) in [7, 11) is 0. The third kappa shape index (κ3) is 4.22. The molecule has 6 nitrogen and oxygen atoms in total. The molecule has 3 rings (SSSR count). The number of hydrogen-bond acceptors (Lipinski definition) is 3. The average molecular weight is 346 g/mol. The van der Waals surface area contributed by atoms with E-state index in [2.05, 4.69) is 17.3 Å². The highest BCUT2D eigenvalue weighted by Gasteiger charge is 2.35. The molecule has 0 aromatic carbocycles. The second kappa shape index (κ2) is 8.02. The molecule has 1 aliphatic heterocycles. The molecule has 1 N–H and O–H groups in total. The number of nitrogens with zero attached hydrogens (tertiary/aromatic N) is 3. The van der Waals surface area contributed by atoms with Gasteiger partial charge in [-0.2, -0.15) is 5.10 Å². The lowest BCUT2D eigenvalue weighted by Gasteiger charge is -2.27. The zero-order valence-corrected chi connectivity index (χ0v) is 15.5. The van der Waals surface area contributed by atoms with Crippen molar-refractivity contribution in [2.24, 2.45) is 0 Å². The standard InChI is InChI=1S/C19H30N4O2/c1-3-10-22-13-17(14(2)21-22)19(25)20-15-11-18(24)23(12-15)16-8-6-4-5-7-9-16/h13,15-16H,3-12H2,1-2H3,(H,20,25). The van der Waals surface area contributed by atoms with Crippen molar-refractivity contribution in [2.75, 3.05) is 6.54 Å². The number of likely N-dealkylation sites (tertiary alicyclic amines) is 1. The Balaban J connectivity index is 1.60. The van der Waals surface area contributed by atoms with Gasteiger partial charge in [-0.05, 0) is 26.2 Å². The Kier molecular flexibility index (Phi) is 5.76. The van der Waals surface area contributed by atoms with Gasteiger partial charge in [0.1, 0.15) is 0 Å². The normalized spacial score (nSPS) is 22.2. The molecule has 2 aliphatic rings. The SMILES string of the molecule is CCCn1cc(C(=O)NC2CC(=O)N(C3CCCCCC3)C2)c(C)n1. The van der Waals surface area contributed by atoms with Crippen LogP contribution in [0.25, 0.3) is 0 Å². The molecule has 138 valence electrons. The minimum atomic E-state index is -0.111. The molecule has 0 bridgehead atoms. The van der Waals surface area contributed by atoms with E-state index in [1.807, 2.05) is 22.7 Å². The Morgan fingerprint density at radius 3 is 2.68 bits per heavy atom. The average Bonchev–Trinajstić information content (AvgIpc) is 2.99. The van der Waals surface area contributed by atoms with E-state index in [0.717, 1.165) is 31.5 Å². The zero-order chi connectivity index (χ0) is 17.8. The van der Waals surface area contributed by atoms with Crippen molar-refractivity contribution >= 4 is 11.8 Å². The lowest BCUT2D eigenvalue weighted by molar-refractivity contribution is -0.129. The maximum atomic E-state index is 12.6. The predicted molar refractivity (Wildman–Crippen MR) is 96.3 cm³/mol. The van der Waals surface area contributed by atoms with Gasteiger partial charge in [-0.25, -0.2) is 0 Å². The number of hydrogen-bond donors (Lipinski definition) is 1. The molecule has 2 heterocycles. The van der Waals surface area contributed by atoms with Gasteiger partial charge < -0.3 is 10.2 Å². The molecular weight excluding hydrogens is 316 g/mol. The van der Waals surface area contributed by atoms with E-state index in [1.54, 1.807) is 0 Å². The Hall–Kier alpha value is -1.85. The molecule has 1 atom stereocenters. The van der Waals surface area contributed by atoms with Gasteiger partial charge in [0.05, 0.1) is 17.3 Å². The summed E-state index contributed by atoms with van der Waals surface area (Å²) in [5, 5.41) is 7.44. The molecule has 25 heavy (non-hydrogen) atoms. The molecule has 2 fully saturated rings. The van der Waals surface area contributed by atoms with E-state index in [0.29, 0.717) is 24.6 Å². The smallest absolute Gasteiger partial charge is 0.255 e. The highest BCUT2D eigenvalue weighted by molar-refractivity contribution is 5.95. The van der Waals surface area contributed by atoms with E-state index in [-0.39, 0.29) is 17.9 Å². The summed E-state index contributed by atoms with van der Waals surface area (Å²) in [6, 6.07) is 0.281. The molecule has 1 aromatic rings. The summed E-state index contributed by atoms with van der Waals surface area (Å²) in [4.78, 5) is 27.0. The summed E-state index contributed by atoms with van der Waals surface area (Å²) in [5.41, 5.74) is 1.37. The van der Waals surface area contributed by atoms with Gasteiger partial charge in [0.15, 0.2) is 0 Å². The quantitative estimate of drug-likeness (QED) is 0.834. The topological polar surface area (TPSA) is 67.2 Å². The van der Waals surface area contributed by atoms with Crippen LogP contribution in [-0.4, -0.2) is 45.1 Å². The molecular formula is C19H30N4O2. The summed E-state index contributed by atoms with van der Waals surface area (Å²) in [6.45, 7) is 5.41. The molecule has 6 heteroatoms. The van der Waals surface area contributed by atoms with Crippen LogP contribution in [0.5, 0.6) is 0 Å². The molecule has 1 saturated heterocycles. The van der Waals surface area contributed by atoms with Crippen LogP contribution in [0.3, 0.4) is 0 Å². The summed E-state index contributed by atoms with van der Waals surface area (Å²) >= 11 is 0. The summed E-state index contributed by atoms with van der Waals surface area (Å²) < 4.78 is 1.82. The van der Waals surface area contributed by atoms with E-state index >= 15 is 0 Å². The van der Waals surface area contributed by atoms with Crippen molar-refractivity contribution in [1.29, 1.82) is 0 Å². The van der Waals surface area contributed by atoms with Crippen LogP contribution in [0, 0.1) is 6.92 Å². The molecule has 1 unspecified atom stereocenters. The van der Waals surface area contributed by atoms with Crippen molar-refractivity contribution < 1.29 is 9.59 Å². The Bertz CT molecular complexity index is 617. The highest BCUT2D eigenvalue weighted by Crippen LogP contribution is 2.26. The summed E-state index contributed by atoms with van der Waals surface area (Å²) in [5.74, 6) is 0.0796. The number of nitrogens with one attached hydrogen (secondary N) is 1.